The average Bonchev–Trinajstić information content (AvgIpc) is 2.29. The first kappa shape index (κ1) is 11.3. The molecule has 2 N–H and O–H groups in total. The monoisotopic (exact) mass is 203 g/mol. The van der Waals surface area contributed by atoms with Crippen molar-refractivity contribution in [2.75, 3.05) is 13.7 Å². The maximum absolute atomic E-state index is 10.6. The maximum Gasteiger partial charge on any atom is 0.153 e. The molecule has 0 aliphatic carbocycles. The summed E-state index contributed by atoms with van der Waals surface area (Å²) in [5.74, 6) is 6.41. The van der Waals surface area contributed by atoms with Crippen molar-refractivity contribution in [3.05, 3.63) is 29.3 Å². The molecule has 0 saturated carbocycles. The molecular formula is C12H13NO2. The number of carbonyl (C=O) groups excluding carboxylic acids is 1. The van der Waals surface area contributed by atoms with Gasteiger partial charge in [-0.1, -0.05) is 11.8 Å². The second kappa shape index (κ2) is 5.84. The molecule has 0 saturated heterocycles. The van der Waals surface area contributed by atoms with Gasteiger partial charge in [0, 0.05) is 18.5 Å². The number of carbonyl (C=O) groups is 1. The highest BCUT2D eigenvalue weighted by Gasteiger charge is 2.01. The molecule has 78 valence electrons. The third-order valence-corrected chi connectivity index (χ3v) is 1.86. The predicted molar refractivity (Wildman–Crippen MR) is 58.9 cm³/mol. The first-order valence-electron chi connectivity index (χ1n) is 4.64. The molecule has 0 bridgehead atoms. The Morgan fingerprint density at radius 2 is 2.33 bits per heavy atom. The molecule has 0 aliphatic heterocycles. The fourth-order valence-corrected chi connectivity index (χ4v) is 1.12. The Morgan fingerprint density at radius 3 is 2.93 bits per heavy atom. The van der Waals surface area contributed by atoms with Crippen LogP contribution in [0.3, 0.4) is 0 Å². The Balaban J connectivity index is 2.94. The van der Waals surface area contributed by atoms with Crippen molar-refractivity contribution in [2.45, 2.75) is 6.42 Å². The highest BCUT2D eigenvalue weighted by Crippen LogP contribution is 2.17. The molecule has 3 nitrogen and oxygen atoms in total. The van der Waals surface area contributed by atoms with Crippen LogP contribution in [0.15, 0.2) is 18.2 Å². The van der Waals surface area contributed by atoms with Gasteiger partial charge in [0.05, 0.1) is 12.7 Å². The Bertz CT molecular complexity index is 402. The Hall–Kier alpha value is -1.79. The van der Waals surface area contributed by atoms with Crippen molar-refractivity contribution < 1.29 is 9.53 Å². The number of hydrogen-bond acceptors (Lipinski definition) is 3. The lowest BCUT2D eigenvalue weighted by atomic mass is 10.1. The smallest absolute Gasteiger partial charge is 0.153 e. The van der Waals surface area contributed by atoms with Crippen molar-refractivity contribution in [2.24, 2.45) is 5.73 Å². The summed E-state index contributed by atoms with van der Waals surface area (Å²) in [5, 5.41) is 0. The molecule has 0 aliphatic rings. The normalized spacial score (nSPS) is 8.93. The van der Waals surface area contributed by atoms with Crippen LogP contribution in [-0.4, -0.2) is 19.9 Å². The predicted octanol–water partition coefficient (Wildman–Crippen LogP) is 1.21. The fourth-order valence-electron chi connectivity index (χ4n) is 1.12. The maximum atomic E-state index is 10.6. The van der Waals surface area contributed by atoms with Crippen LogP contribution in [0.1, 0.15) is 22.3 Å². The Labute approximate surface area is 89.2 Å². The van der Waals surface area contributed by atoms with E-state index >= 15 is 0 Å². The van der Waals surface area contributed by atoms with Crippen LogP contribution in [0.25, 0.3) is 0 Å². The molecule has 1 rings (SSSR count). The summed E-state index contributed by atoms with van der Waals surface area (Å²) < 4.78 is 5.06. The summed E-state index contributed by atoms with van der Waals surface area (Å²) >= 11 is 0. The number of hydrogen-bond donors (Lipinski definition) is 1. The van der Waals surface area contributed by atoms with Crippen LogP contribution in [0.4, 0.5) is 0 Å². The van der Waals surface area contributed by atoms with Crippen LogP contribution in [0.5, 0.6) is 5.75 Å². The molecule has 15 heavy (non-hydrogen) atoms. The topological polar surface area (TPSA) is 52.3 Å². The van der Waals surface area contributed by atoms with Gasteiger partial charge in [0.25, 0.3) is 0 Å². The minimum Gasteiger partial charge on any atom is -0.496 e. The Kier molecular flexibility index (Phi) is 4.39. The molecule has 0 unspecified atom stereocenters. The summed E-state index contributed by atoms with van der Waals surface area (Å²) in [6, 6.07) is 5.22. The standard InChI is InChI=1S/C12H13NO2/c1-15-12-8-10(4-2-3-7-13)5-6-11(12)9-14/h5-6,8-9H,3,7,13H2,1H3. The third-order valence-electron chi connectivity index (χ3n) is 1.86. The third kappa shape index (κ3) is 3.12. The highest BCUT2D eigenvalue weighted by atomic mass is 16.5. The number of nitrogens with two attached hydrogens (primary N) is 1. The lowest BCUT2D eigenvalue weighted by molar-refractivity contribution is 0.112. The van der Waals surface area contributed by atoms with Gasteiger partial charge < -0.3 is 10.5 Å². The second-order valence-corrected chi connectivity index (χ2v) is 2.92. The van der Waals surface area contributed by atoms with Crippen LogP contribution >= 0.6 is 0 Å². The number of methoxy groups -OCH3 is 1. The molecule has 0 spiro atoms. The SMILES string of the molecule is COc1cc(C#CCCN)ccc1C=O. The first-order chi connectivity index (χ1) is 7.31. The van der Waals surface area contributed by atoms with E-state index in [1.54, 1.807) is 18.2 Å². The highest BCUT2D eigenvalue weighted by molar-refractivity contribution is 5.79. The molecule has 3 heteroatoms. The fraction of sp³-hybridized carbons (Fsp3) is 0.250. The van der Waals surface area contributed by atoms with Crippen LogP contribution in [-0.2, 0) is 0 Å². The summed E-state index contributed by atoms with van der Waals surface area (Å²) in [4.78, 5) is 10.6. The van der Waals surface area contributed by atoms with Gasteiger partial charge in [0.2, 0.25) is 0 Å². The molecule has 0 radical (unpaired) electrons. The first-order valence-corrected chi connectivity index (χ1v) is 4.64. The van der Waals surface area contributed by atoms with Gasteiger partial charge in [-0.15, -0.1) is 0 Å². The van der Waals surface area contributed by atoms with Crippen molar-refractivity contribution in [1.29, 1.82) is 0 Å². The van der Waals surface area contributed by atoms with E-state index in [9.17, 15) is 4.79 Å². The van der Waals surface area contributed by atoms with E-state index in [0.717, 1.165) is 11.8 Å². The van der Waals surface area contributed by atoms with E-state index in [1.807, 2.05) is 0 Å². The van der Waals surface area contributed by atoms with Gasteiger partial charge in [-0.3, -0.25) is 4.79 Å². The summed E-state index contributed by atoms with van der Waals surface area (Å²) in [6.07, 6.45) is 1.42. The second-order valence-electron chi connectivity index (χ2n) is 2.92. The zero-order chi connectivity index (χ0) is 11.1. The zero-order valence-electron chi connectivity index (χ0n) is 8.62. The molecule has 0 heterocycles. The minimum atomic E-state index is 0.530. The summed E-state index contributed by atoms with van der Waals surface area (Å²) in [5.41, 5.74) is 6.68. The molecule has 1 aromatic rings. The molecule has 0 fully saturated rings. The summed E-state index contributed by atoms with van der Waals surface area (Å²) in [6.45, 7) is 0.552. The molecule has 0 atom stereocenters. The van der Waals surface area contributed by atoms with Gasteiger partial charge in [-0.2, -0.15) is 0 Å². The van der Waals surface area contributed by atoms with E-state index in [4.69, 9.17) is 10.5 Å². The molecule has 0 aromatic heterocycles. The van der Waals surface area contributed by atoms with Crippen molar-refractivity contribution in [1.82, 2.24) is 0 Å². The number of ether oxygens (including phenoxy) is 1. The van der Waals surface area contributed by atoms with E-state index in [2.05, 4.69) is 11.8 Å². The van der Waals surface area contributed by atoms with Gasteiger partial charge in [0.1, 0.15) is 5.75 Å². The molecule has 1 aromatic carbocycles. The Morgan fingerprint density at radius 1 is 1.53 bits per heavy atom. The molecular weight excluding hydrogens is 190 g/mol. The lowest BCUT2D eigenvalue weighted by Crippen LogP contribution is -1.95. The average molecular weight is 203 g/mol. The zero-order valence-corrected chi connectivity index (χ0v) is 8.62. The van der Waals surface area contributed by atoms with Gasteiger partial charge in [-0.05, 0) is 18.2 Å². The summed E-state index contributed by atoms with van der Waals surface area (Å²) in [7, 11) is 1.53. The van der Waals surface area contributed by atoms with E-state index < -0.39 is 0 Å². The number of benzene rings is 1. The quantitative estimate of drug-likeness (QED) is 0.593. The number of rotatable bonds is 3. The van der Waals surface area contributed by atoms with Gasteiger partial charge in [0.15, 0.2) is 6.29 Å². The van der Waals surface area contributed by atoms with Crippen LogP contribution < -0.4 is 10.5 Å². The lowest BCUT2D eigenvalue weighted by Gasteiger charge is -2.02. The van der Waals surface area contributed by atoms with Gasteiger partial charge >= 0.3 is 0 Å². The molecule has 0 amide bonds. The van der Waals surface area contributed by atoms with Gasteiger partial charge in [-0.25, -0.2) is 0 Å². The van der Waals surface area contributed by atoms with E-state index in [0.29, 0.717) is 24.3 Å². The largest absolute Gasteiger partial charge is 0.496 e. The van der Waals surface area contributed by atoms with E-state index in [1.165, 1.54) is 7.11 Å². The van der Waals surface area contributed by atoms with Crippen molar-refractivity contribution in [3.63, 3.8) is 0 Å². The van der Waals surface area contributed by atoms with E-state index in [-0.39, 0.29) is 0 Å². The van der Waals surface area contributed by atoms with Crippen molar-refractivity contribution in [3.8, 4) is 17.6 Å². The number of aldehydes is 1. The van der Waals surface area contributed by atoms with Crippen LogP contribution in [0, 0.1) is 11.8 Å². The minimum absolute atomic E-state index is 0.530. The van der Waals surface area contributed by atoms with Crippen LogP contribution in [0.2, 0.25) is 0 Å². The van der Waals surface area contributed by atoms with Crippen molar-refractivity contribution >= 4 is 6.29 Å².